The van der Waals surface area contributed by atoms with Crippen molar-refractivity contribution in [3.8, 4) is 6.07 Å². The van der Waals surface area contributed by atoms with Crippen molar-refractivity contribution in [1.29, 1.82) is 5.26 Å². The van der Waals surface area contributed by atoms with Gasteiger partial charge in [-0.1, -0.05) is 17.7 Å². The summed E-state index contributed by atoms with van der Waals surface area (Å²) in [6.07, 6.45) is 2.84. The standard InChI is InChI=1S/C12H15NS/c1-11-6-5-7-12(10-11)14-9-4-2-3-8-13/h5-7,10H,2-4,9H2,1H3. The van der Waals surface area contributed by atoms with Gasteiger partial charge in [0.25, 0.3) is 0 Å². The van der Waals surface area contributed by atoms with Gasteiger partial charge in [0.1, 0.15) is 0 Å². The quantitative estimate of drug-likeness (QED) is 0.539. The number of hydrogen-bond acceptors (Lipinski definition) is 2. The van der Waals surface area contributed by atoms with Gasteiger partial charge in [0, 0.05) is 11.3 Å². The zero-order chi connectivity index (χ0) is 10.2. The van der Waals surface area contributed by atoms with E-state index in [4.69, 9.17) is 5.26 Å². The van der Waals surface area contributed by atoms with E-state index in [0.29, 0.717) is 6.42 Å². The van der Waals surface area contributed by atoms with Gasteiger partial charge in [-0.2, -0.15) is 5.26 Å². The molecule has 0 aliphatic carbocycles. The molecule has 0 aliphatic rings. The van der Waals surface area contributed by atoms with Crippen LogP contribution in [-0.4, -0.2) is 5.75 Å². The van der Waals surface area contributed by atoms with Crippen LogP contribution in [0.4, 0.5) is 0 Å². The van der Waals surface area contributed by atoms with E-state index in [1.165, 1.54) is 10.5 Å². The summed E-state index contributed by atoms with van der Waals surface area (Å²) in [4.78, 5) is 1.34. The minimum Gasteiger partial charge on any atom is -0.198 e. The van der Waals surface area contributed by atoms with Crippen LogP contribution in [0.25, 0.3) is 0 Å². The number of hydrogen-bond donors (Lipinski definition) is 0. The summed E-state index contributed by atoms with van der Waals surface area (Å²) >= 11 is 1.88. The van der Waals surface area contributed by atoms with Gasteiger partial charge >= 0.3 is 0 Å². The Morgan fingerprint density at radius 2 is 2.21 bits per heavy atom. The normalized spacial score (nSPS) is 9.71. The lowest BCUT2D eigenvalue weighted by atomic mass is 10.2. The minimum absolute atomic E-state index is 0.689. The number of thioether (sulfide) groups is 1. The van der Waals surface area contributed by atoms with Crippen LogP contribution in [0.1, 0.15) is 24.8 Å². The van der Waals surface area contributed by atoms with Crippen LogP contribution >= 0.6 is 11.8 Å². The molecule has 0 N–H and O–H groups in total. The van der Waals surface area contributed by atoms with E-state index in [-0.39, 0.29) is 0 Å². The Morgan fingerprint density at radius 1 is 1.36 bits per heavy atom. The summed E-state index contributed by atoms with van der Waals surface area (Å²) in [6, 6.07) is 10.7. The molecule has 0 amide bonds. The second kappa shape index (κ2) is 6.50. The highest BCUT2D eigenvalue weighted by molar-refractivity contribution is 7.99. The first-order valence-corrected chi connectivity index (χ1v) is 5.88. The van der Waals surface area contributed by atoms with Crippen LogP contribution < -0.4 is 0 Å². The molecule has 0 aromatic heterocycles. The molecule has 0 heterocycles. The second-order valence-electron chi connectivity index (χ2n) is 3.28. The number of nitrogens with zero attached hydrogens (tertiary/aromatic N) is 1. The Bertz CT molecular complexity index is 314. The fourth-order valence-electron chi connectivity index (χ4n) is 1.20. The van der Waals surface area contributed by atoms with Crippen molar-refractivity contribution in [3.63, 3.8) is 0 Å². The Kier molecular flexibility index (Phi) is 5.17. The van der Waals surface area contributed by atoms with Gasteiger partial charge in [-0.25, -0.2) is 0 Å². The van der Waals surface area contributed by atoms with E-state index < -0.39 is 0 Å². The summed E-state index contributed by atoms with van der Waals surface area (Å²) in [5.41, 5.74) is 1.31. The molecule has 0 aliphatic heterocycles. The maximum atomic E-state index is 8.36. The summed E-state index contributed by atoms with van der Waals surface area (Å²) in [7, 11) is 0. The molecule has 0 saturated heterocycles. The molecule has 1 aromatic carbocycles. The monoisotopic (exact) mass is 205 g/mol. The van der Waals surface area contributed by atoms with E-state index >= 15 is 0 Å². The molecular weight excluding hydrogens is 190 g/mol. The van der Waals surface area contributed by atoms with Crippen molar-refractivity contribution in [2.75, 3.05) is 5.75 Å². The lowest BCUT2D eigenvalue weighted by Gasteiger charge is -2.01. The van der Waals surface area contributed by atoms with Gasteiger partial charge < -0.3 is 0 Å². The van der Waals surface area contributed by atoms with Crippen molar-refractivity contribution >= 4 is 11.8 Å². The molecule has 1 nitrogen and oxygen atoms in total. The molecule has 1 aromatic rings. The van der Waals surface area contributed by atoms with Crippen molar-refractivity contribution < 1.29 is 0 Å². The molecule has 74 valence electrons. The molecule has 0 spiro atoms. The van der Waals surface area contributed by atoms with E-state index in [1.807, 2.05) is 11.8 Å². The Balaban J connectivity index is 2.22. The van der Waals surface area contributed by atoms with Gasteiger partial charge in [-0.15, -0.1) is 11.8 Å². The molecule has 0 fully saturated rings. The minimum atomic E-state index is 0.689. The average Bonchev–Trinajstić information content (AvgIpc) is 2.18. The summed E-state index contributed by atoms with van der Waals surface area (Å²) in [5, 5.41) is 8.36. The fourth-order valence-corrected chi connectivity index (χ4v) is 2.23. The first kappa shape index (κ1) is 11.1. The topological polar surface area (TPSA) is 23.8 Å². The van der Waals surface area contributed by atoms with Crippen LogP contribution in [-0.2, 0) is 0 Å². The zero-order valence-electron chi connectivity index (χ0n) is 8.49. The van der Waals surface area contributed by atoms with Crippen LogP contribution in [0.5, 0.6) is 0 Å². The van der Waals surface area contributed by atoms with Crippen molar-refractivity contribution in [1.82, 2.24) is 0 Å². The third-order valence-corrected chi connectivity index (χ3v) is 3.02. The van der Waals surface area contributed by atoms with E-state index in [0.717, 1.165) is 18.6 Å². The first-order valence-electron chi connectivity index (χ1n) is 4.89. The van der Waals surface area contributed by atoms with E-state index in [1.54, 1.807) is 0 Å². The van der Waals surface area contributed by atoms with Crippen LogP contribution in [0.2, 0.25) is 0 Å². The molecule has 2 heteroatoms. The summed E-state index contributed by atoms with van der Waals surface area (Å²) in [6.45, 7) is 2.11. The zero-order valence-corrected chi connectivity index (χ0v) is 9.31. The first-order chi connectivity index (χ1) is 6.83. The average molecular weight is 205 g/mol. The molecular formula is C12H15NS. The SMILES string of the molecule is Cc1cccc(SCCCCC#N)c1. The van der Waals surface area contributed by atoms with Crippen LogP contribution in [0.3, 0.4) is 0 Å². The number of aryl methyl sites for hydroxylation is 1. The smallest absolute Gasteiger partial charge is 0.0621 e. The van der Waals surface area contributed by atoms with Crippen molar-refractivity contribution in [2.24, 2.45) is 0 Å². The van der Waals surface area contributed by atoms with Crippen LogP contribution in [0, 0.1) is 18.3 Å². The highest BCUT2D eigenvalue weighted by Gasteiger charge is 1.94. The van der Waals surface area contributed by atoms with Gasteiger partial charge in [0.15, 0.2) is 0 Å². The van der Waals surface area contributed by atoms with Gasteiger partial charge in [0.2, 0.25) is 0 Å². The third-order valence-electron chi connectivity index (χ3n) is 1.94. The predicted molar refractivity (Wildman–Crippen MR) is 61.4 cm³/mol. The summed E-state index contributed by atoms with van der Waals surface area (Å²) < 4.78 is 0. The Labute approximate surface area is 90.1 Å². The Hall–Kier alpha value is -0.940. The van der Waals surface area contributed by atoms with E-state index in [2.05, 4.69) is 37.3 Å². The lowest BCUT2D eigenvalue weighted by Crippen LogP contribution is -1.81. The van der Waals surface area contributed by atoms with Gasteiger partial charge in [0.05, 0.1) is 6.07 Å². The van der Waals surface area contributed by atoms with Crippen LogP contribution in [0.15, 0.2) is 29.2 Å². The molecule has 1 rings (SSSR count). The van der Waals surface area contributed by atoms with Crippen molar-refractivity contribution in [3.05, 3.63) is 29.8 Å². The van der Waals surface area contributed by atoms with Crippen molar-refractivity contribution in [2.45, 2.75) is 31.1 Å². The Morgan fingerprint density at radius 3 is 2.93 bits per heavy atom. The molecule has 14 heavy (non-hydrogen) atoms. The number of rotatable bonds is 5. The molecule has 0 radical (unpaired) electrons. The number of unbranched alkanes of at least 4 members (excludes halogenated alkanes) is 2. The molecule has 0 bridgehead atoms. The highest BCUT2D eigenvalue weighted by Crippen LogP contribution is 2.20. The number of nitriles is 1. The predicted octanol–water partition coefficient (Wildman–Crippen LogP) is 3.78. The molecule has 0 saturated carbocycles. The largest absolute Gasteiger partial charge is 0.198 e. The van der Waals surface area contributed by atoms with Gasteiger partial charge in [-0.05, 0) is 37.7 Å². The third kappa shape index (κ3) is 4.34. The second-order valence-corrected chi connectivity index (χ2v) is 4.45. The number of benzene rings is 1. The lowest BCUT2D eigenvalue weighted by molar-refractivity contribution is 0.830. The highest BCUT2D eigenvalue weighted by atomic mass is 32.2. The fraction of sp³-hybridized carbons (Fsp3) is 0.417. The maximum absolute atomic E-state index is 8.36. The molecule has 0 atom stereocenters. The maximum Gasteiger partial charge on any atom is 0.0621 e. The van der Waals surface area contributed by atoms with Gasteiger partial charge in [-0.3, -0.25) is 0 Å². The van der Waals surface area contributed by atoms with E-state index in [9.17, 15) is 0 Å². The molecule has 0 unspecified atom stereocenters. The summed E-state index contributed by atoms with van der Waals surface area (Å²) in [5.74, 6) is 1.12.